The van der Waals surface area contributed by atoms with Gasteiger partial charge in [-0.05, 0) is 36.7 Å². The summed E-state index contributed by atoms with van der Waals surface area (Å²) in [6, 6.07) is 9.93. The lowest BCUT2D eigenvalue weighted by Gasteiger charge is -2.44. The van der Waals surface area contributed by atoms with Crippen molar-refractivity contribution in [1.82, 2.24) is 0 Å². The SMILES string of the molecule is CCC(C)(C)CC(C)(C(=O)OC(C)c1ccccc1)C(C)(C)C. The Balaban J connectivity index is 3.02. The van der Waals surface area contributed by atoms with Gasteiger partial charge in [0.05, 0.1) is 5.41 Å². The van der Waals surface area contributed by atoms with Gasteiger partial charge in [-0.1, -0.05) is 78.3 Å². The van der Waals surface area contributed by atoms with Crippen molar-refractivity contribution in [3.05, 3.63) is 35.9 Å². The van der Waals surface area contributed by atoms with Crippen LogP contribution in [0.15, 0.2) is 30.3 Å². The molecule has 0 heterocycles. The predicted octanol–water partition coefficient (Wildman–Crippen LogP) is 6.17. The Kier molecular flexibility index (Phi) is 6.06. The molecule has 0 saturated carbocycles. The van der Waals surface area contributed by atoms with Crippen molar-refractivity contribution in [3.63, 3.8) is 0 Å². The molecule has 0 spiro atoms. The van der Waals surface area contributed by atoms with Crippen LogP contribution in [0.5, 0.6) is 0 Å². The molecule has 2 heteroatoms. The van der Waals surface area contributed by atoms with E-state index in [2.05, 4.69) is 48.5 Å². The Bertz CT molecular complexity index is 510. The van der Waals surface area contributed by atoms with Crippen LogP contribution in [0.3, 0.4) is 0 Å². The number of carbonyl (C=O) groups is 1. The van der Waals surface area contributed by atoms with Gasteiger partial charge in [0.15, 0.2) is 0 Å². The summed E-state index contributed by atoms with van der Waals surface area (Å²) in [5, 5.41) is 0. The minimum absolute atomic E-state index is 0.0946. The molecule has 0 bridgehead atoms. The highest BCUT2D eigenvalue weighted by atomic mass is 16.5. The molecule has 0 amide bonds. The Labute approximate surface area is 142 Å². The molecule has 1 rings (SSSR count). The minimum Gasteiger partial charge on any atom is -0.457 e. The second kappa shape index (κ2) is 7.07. The second-order valence-corrected chi connectivity index (χ2v) is 8.73. The zero-order valence-corrected chi connectivity index (χ0v) is 16.2. The molecule has 2 unspecified atom stereocenters. The fourth-order valence-corrected chi connectivity index (χ4v) is 2.81. The van der Waals surface area contributed by atoms with Crippen molar-refractivity contribution in [1.29, 1.82) is 0 Å². The monoisotopic (exact) mass is 318 g/mol. The Morgan fingerprint density at radius 2 is 1.57 bits per heavy atom. The van der Waals surface area contributed by atoms with Gasteiger partial charge in [0.1, 0.15) is 6.10 Å². The predicted molar refractivity (Wildman–Crippen MR) is 97.2 cm³/mol. The van der Waals surface area contributed by atoms with Gasteiger partial charge in [-0.3, -0.25) is 4.79 Å². The zero-order chi connectivity index (χ0) is 17.9. The van der Waals surface area contributed by atoms with Crippen molar-refractivity contribution in [2.24, 2.45) is 16.2 Å². The van der Waals surface area contributed by atoms with Gasteiger partial charge in [-0.25, -0.2) is 0 Å². The third-order valence-electron chi connectivity index (χ3n) is 5.45. The molecule has 0 saturated heterocycles. The van der Waals surface area contributed by atoms with Crippen LogP contribution in [0.1, 0.15) is 79.9 Å². The van der Waals surface area contributed by atoms with Crippen LogP contribution in [-0.2, 0) is 9.53 Å². The summed E-state index contributed by atoms with van der Waals surface area (Å²) >= 11 is 0. The average Bonchev–Trinajstić information content (AvgIpc) is 2.46. The van der Waals surface area contributed by atoms with Crippen LogP contribution in [0, 0.1) is 16.2 Å². The van der Waals surface area contributed by atoms with Crippen molar-refractivity contribution >= 4 is 5.97 Å². The first kappa shape index (κ1) is 19.7. The quantitative estimate of drug-likeness (QED) is 0.586. The summed E-state index contributed by atoms with van der Waals surface area (Å²) in [6.07, 6.45) is 1.63. The maximum atomic E-state index is 13.1. The van der Waals surface area contributed by atoms with Crippen LogP contribution >= 0.6 is 0 Å². The van der Waals surface area contributed by atoms with Gasteiger partial charge in [0, 0.05) is 0 Å². The highest BCUT2D eigenvalue weighted by Crippen LogP contribution is 2.49. The van der Waals surface area contributed by atoms with Gasteiger partial charge >= 0.3 is 5.97 Å². The Hall–Kier alpha value is -1.31. The van der Waals surface area contributed by atoms with E-state index in [0.717, 1.165) is 18.4 Å². The molecule has 0 aliphatic carbocycles. The van der Waals surface area contributed by atoms with Crippen molar-refractivity contribution in [3.8, 4) is 0 Å². The molecule has 0 fully saturated rings. The molecular weight excluding hydrogens is 284 g/mol. The van der Waals surface area contributed by atoms with E-state index in [-0.39, 0.29) is 22.9 Å². The molecular formula is C21H34O2. The lowest BCUT2D eigenvalue weighted by atomic mass is 9.60. The van der Waals surface area contributed by atoms with E-state index >= 15 is 0 Å². The number of benzene rings is 1. The number of hydrogen-bond donors (Lipinski definition) is 0. The normalized spacial score (nSPS) is 16.5. The molecule has 23 heavy (non-hydrogen) atoms. The molecule has 0 aromatic heterocycles. The first-order chi connectivity index (χ1) is 10.4. The molecule has 2 atom stereocenters. The first-order valence-corrected chi connectivity index (χ1v) is 8.69. The van der Waals surface area contributed by atoms with Gasteiger partial charge < -0.3 is 4.74 Å². The molecule has 0 aliphatic rings. The molecule has 1 aromatic rings. The first-order valence-electron chi connectivity index (χ1n) is 8.69. The van der Waals surface area contributed by atoms with Gasteiger partial charge in [-0.2, -0.15) is 0 Å². The summed E-state index contributed by atoms with van der Waals surface area (Å²) in [5.74, 6) is -0.0946. The summed E-state index contributed by atoms with van der Waals surface area (Å²) in [4.78, 5) is 13.1. The number of esters is 1. The van der Waals surface area contributed by atoms with Gasteiger partial charge in [0.2, 0.25) is 0 Å². The van der Waals surface area contributed by atoms with E-state index in [1.165, 1.54) is 0 Å². The van der Waals surface area contributed by atoms with E-state index in [1.807, 2.05) is 37.3 Å². The zero-order valence-electron chi connectivity index (χ0n) is 16.2. The molecule has 0 radical (unpaired) electrons. The summed E-state index contributed by atoms with van der Waals surface area (Å²) in [7, 11) is 0. The molecule has 1 aromatic carbocycles. The third kappa shape index (κ3) is 4.83. The van der Waals surface area contributed by atoms with E-state index in [4.69, 9.17) is 4.74 Å². The molecule has 2 nitrogen and oxygen atoms in total. The number of carbonyl (C=O) groups excluding carboxylic acids is 1. The summed E-state index contributed by atoms with van der Waals surface area (Å²) < 4.78 is 5.88. The van der Waals surface area contributed by atoms with Crippen LogP contribution in [0.25, 0.3) is 0 Å². The van der Waals surface area contributed by atoms with E-state index in [1.54, 1.807) is 0 Å². The topological polar surface area (TPSA) is 26.3 Å². The van der Waals surface area contributed by atoms with Crippen LogP contribution in [0.4, 0.5) is 0 Å². The Morgan fingerprint density at radius 3 is 2.00 bits per heavy atom. The standard InChI is InChI=1S/C21H34O2/c1-9-20(6,7)15-21(8,19(3,4)5)18(22)23-16(2)17-13-11-10-12-14-17/h10-14,16H,9,15H2,1-8H3. The second-order valence-electron chi connectivity index (χ2n) is 8.73. The van der Waals surface area contributed by atoms with E-state index in [0.29, 0.717) is 0 Å². The Morgan fingerprint density at radius 1 is 1.04 bits per heavy atom. The molecule has 0 aliphatic heterocycles. The summed E-state index contributed by atoms with van der Waals surface area (Å²) in [5.41, 5.74) is 0.464. The fraction of sp³-hybridized carbons (Fsp3) is 0.667. The summed E-state index contributed by atoms with van der Waals surface area (Å²) in [6.45, 7) is 17.0. The largest absolute Gasteiger partial charge is 0.457 e. The number of hydrogen-bond acceptors (Lipinski definition) is 2. The fourth-order valence-electron chi connectivity index (χ4n) is 2.81. The molecule has 0 N–H and O–H groups in total. The third-order valence-corrected chi connectivity index (χ3v) is 5.45. The van der Waals surface area contributed by atoms with Crippen LogP contribution in [-0.4, -0.2) is 5.97 Å². The number of rotatable bonds is 6. The van der Waals surface area contributed by atoms with Crippen LogP contribution in [0.2, 0.25) is 0 Å². The minimum atomic E-state index is -0.518. The number of ether oxygens (including phenoxy) is 1. The maximum absolute atomic E-state index is 13.1. The van der Waals surface area contributed by atoms with E-state index < -0.39 is 5.41 Å². The highest BCUT2D eigenvalue weighted by molar-refractivity contribution is 5.77. The lowest BCUT2D eigenvalue weighted by molar-refractivity contribution is -0.170. The highest BCUT2D eigenvalue weighted by Gasteiger charge is 2.48. The smallest absolute Gasteiger partial charge is 0.312 e. The van der Waals surface area contributed by atoms with Crippen LogP contribution < -0.4 is 0 Å². The average molecular weight is 319 g/mol. The lowest BCUT2D eigenvalue weighted by Crippen LogP contribution is -2.45. The van der Waals surface area contributed by atoms with Crippen molar-refractivity contribution in [2.75, 3.05) is 0 Å². The maximum Gasteiger partial charge on any atom is 0.312 e. The van der Waals surface area contributed by atoms with E-state index in [9.17, 15) is 4.79 Å². The van der Waals surface area contributed by atoms with Crippen molar-refractivity contribution < 1.29 is 9.53 Å². The van der Waals surface area contributed by atoms with Gasteiger partial charge in [0.25, 0.3) is 0 Å². The van der Waals surface area contributed by atoms with Gasteiger partial charge in [-0.15, -0.1) is 0 Å². The van der Waals surface area contributed by atoms with Crippen molar-refractivity contribution in [2.45, 2.75) is 74.3 Å². The molecule has 130 valence electrons.